The third-order valence-electron chi connectivity index (χ3n) is 4.47. The lowest BCUT2D eigenvalue weighted by Gasteiger charge is -2.36. The molecule has 24 heavy (non-hydrogen) atoms. The summed E-state index contributed by atoms with van der Waals surface area (Å²) < 4.78 is 14.9. The summed E-state index contributed by atoms with van der Waals surface area (Å²) >= 11 is 0. The number of aryl methyl sites for hydroxylation is 2. The average molecular weight is 326 g/mol. The first-order chi connectivity index (χ1) is 11.6. The maximum atomic E-state index is 13.1. The summed E-state index contributed by atoms with van der Waals surface area (Å²) in [5.41, 5.74) is 3.77. The molecule has 0 saturated carbocycles. The van der Waals surface area contributed by atoms with Crippen molar-refractivity contribution >= 4 is 17.2 Å². The fourth-order valence-corrected chi connectivity index (χ4v) is 3.19. The first-order valence-corrected chi connectivity index (χ1v) is 8.07. The summed E-state index contributed by atoms with van der Waals surface area (Å²) in [4.78, 5) is 4.49. The second kappa shape index (κ2) is 5.74. The Labute approximate surface area is 139 Å². The van der Waals surface area contributed by atoms with Crippen molar-refractivity contribution in [2.75, 3.05) is 36.0 Å². The van der Waals surface area contributed by atoms with Gasteiger partial charge in [-0.25, -0.2) is 8.91 Å². The second-order valence-corrected chi connectivity index (χ2v) is 6.12. The Kier molecular flexibility index (Phi) is 3.55. The maximum absolute atomic E-state index is 13.1. The summed E-state index contributed by atoms with van der Waals surface area (Å²) in [7, 11) is 0. The molecular formula is C17H19FN6. The Bertz CT molecular complexity index is 865. The van der Waals surface area contributed by atoms with Gasteiger partial charge in [-0.3, -0.25) is 0 Å². The first-order valence-electron chi connectivity index (χ1n) is 8.07. The Morgan fingerprint density at radius 2 is 1.58 bits per heavy atom. The number of piperazine rings is 1. The maximum Gasteiger partial charge on any atom is 0.177 e. The highest BCUT2D eigenvalue weighted by Crippen LogP contribution is 2.22. The molecule has 1 aliphatic heterocycles. The van der Waals surface area contributed by atoms with Crippen LogP contribution in [0.1, 0.15) is 11.4 Å². The van der Waals surface area contributed by atoms with Crippen LogP contribution in [0.25, 0.3) is 5.65 Å². The van der Waals surface area contributed by atoms with Gasteiger partial charge in [0.15, 0.2) is 11.5 Å². The van der Waals surface area contributed by atoms with Gasteiger partial charge in [-0.05, 0) is 38.1 Å². The molecular weight excluding hydrogens is 307 g/mol. The van der Waals surface area contributed by atoms with Crippen LogP contribution in [0.15, 0.2) is 30.3 Å². The monoisotopic (exact) mass is 326 g/mol. The van der Waals surface area contributed by atoms with Gasteiger partial charge in [0.1, 0.15) is 5.82 Å². The molecule has 0 unspecified atom stereocenters. The highest BCUT2D eigenvalue weighted by molar-refractivity contribution is 5.52. The molecule has 2 aromatic heterocycles. The summed E-state index contributed by atoms with van der Waals surface area (Å²) in [5.74, 6) is 0.676. The molecule has 4 rings (SSSR count). The van der Waals surface area contributed by atoms with Crippen molar-refractivity contribution in [1.82, 2.24) is 19.8 Å². The standard InChI is InChI=1S/C17H19FN6/c1-12-11-16-19-20-17(13(2)24(16)21-12)23-9-7-22(8-10-23)15-5-3-14(18)4-6-15/h3-6,11H,7-10H2,1-2H3. The third-order valence-corrected chi connectivity index (χ3v) is 4.47. The van der Waals surface area contributed by atoms with E-state index in [1.807, 2.05) is 36.6 Å². The van der Waals surface area contributed by atoms with E-state index < -0.39 is 0 Å². The van der Waals surface area contributed by atoms with Gasteiger partial charge >= 0.3 is 0 Å². The number of aromatic nitrogens is 4. The summed E-state index contributed by atoms with van der Waals surface area (Å²) in [6.45, 7) is 7.40. The molecule has 1 aromatic carbocycles. The summed E-state index contributed by atoms with van der Waals surface area (Å²) in [5, 5.41) is 13.2. The predicted octanol–water partition coefficient (Wildman–Crippen LogP) is 2.21. The van der Waals surface area contributed by atoms with Gasteiger partial charge in [0.2, 0.25) is 0 Å². The van der Waals surface area contributed by atoms with Crippen LogP contribution in [0.4, 0.5) is 15.9 Å². The zero-order chi connectivity index (χ0) is 16.7. The Morgan fingerprint density at radius 3 is 2.29 bits per heavy atom. The van der Waals surface area contributed by atoms with Gasteiger partial charge in [0, 0.05) is 37.9 Å². The van der Waals surface area contributed by atoms with Crippen molar-refractivity contribution in [3.05, 3.63) is 47.5 Å². The molecule has 6 nitrogen and oxygen atoms in total. The number of benzene rings is 1. The lowest BCUT2D eigenvalue weighted by molar-refractivity contribution is 0.622. The molecule has 124 valence electrons. The molecule has 0 N–H and O–H groups in total. The molecule has 0 bridgehead atoms. The van der Waals surface area contributed by atoms with Gasteiger partial charge in [-0.15, -0.1) is 10.2 Å². The van der Waals surface area contributed by atoms with E-state index in [1.165, 1.54) is 12.1 Å². The normalized spacial score (nSPS) is 15.3. The number of rotatable bonds is 2. The highest BCUT2D eigenvalue weighted by Gasteiger charge is 2.21. The smallest absolute Gasteiger partial charge is 0.177 e. The molecule has 1 saturated heterocycles. The van der Waals surface area contributed by atoms with Gasteiger partial charge in [0.05, 0.1) is 11.4 Å². The van der Waals surface area contributed by atoms with Crippen LogP contribution in [-0.2, 0) is 0 Å². The SMILES string of the molecule is Cc1cc2nnc(N3CCN(c4ccc(F)cc4)CC3)c(C)n2n1. The molecule has 1 fully saturated rings. The van der Waals surface area contributed by atoms with E-state index in [0.29, 0.717) is 0 Å². The Morgan fingerprint density at radius 1 is 0.917 bits per heavy atom. The van der Waals surface area contributed by atoms with Crippen LogP contribution in [0.2, 0.25) is 0 Å². The number of halogens is 1. The second-order valence-electron chi connectivity index (χ2n) is 6.12. The largest absolute Gasteiger partial charge is 0.368 e. The lowest BCUT2D eigenvalue weighted by Crippen LogP contribution is -2.47. The minimum absolute atomic E-state index is 0.203. The molecule has 3 heterocycles. The molecule has 0 spiro atoms. The van der Waals surface area contributed by atoms with Crippen LogP contribution in [0.3, 0.4) is 0 Å². The third kappa shape index (κ3) is 2.55. The number of nitrogens with zero attached hydrogens (tertiary/aromatic N) is 6. The Balaban J connectivity index is 1.53. The number of hydrogen-bond donors (Lipinski definition) is 0. The van der Waals surface area contributed by atoms with Crippen molar-refractivity contribution in [3.63, 3.8) is 0 Å². The lowest BCUT2D eigenvalue weighted by atomic mass is 10.2. The molecule has 0 aliphatic carbocycles. The Hall–Kier alpha value is -2.70. The van der Waals surface area contributed by atoms with Crippen molar-refractivity contribution in [2.45, 2.75) is 13.8 Å². The number of anilines is 2. The van der Waals surface area contributed by atoms with E-state index in [2.05, 4.69) is 25.1 Å². The van der Waals surface area contributed by atoms with Crippen LogP contribution >= 0.6 is 0 Å². The van der Waals surface area contributed by atoms with E-state index in [0.717, 1.165) is 54.7 Å². The van der Waals surface area contributed by atoms with Crippen LogP contribution in [0, 0.1) is 19.7 Å². The van der Waals surface area contributed by atoms with Gasteiger partial charge < -0.3 is 9.80 Å². The number of fused-ring (bicyclic) bond motifs is 1. The first kappa shape index (κ1) is 14.9. The van der Waals surface area contributed by atoms with Crippen molar-refractivity contribution in [1.29, 1.82) is 0 Å². The predicted molar refractivity (Wildman–Crippen MR) is 91.1 cm³/mol. The van der Waals surface area contributed by atoms with E-state index in [1.54, 1.807) is 0 Å². The molecule has 7 heteroatoms. The molecule has 1 aliphatic rings. The van der Waals surface area contributed by atoms with Gasteiger partial charge in [0.25, 0.3) is 0 Å². The van der Waals surface area contributed by atoms with Crippen LogP contribution < -0.4 is 9.80 Å². The zero-order valence-corrected chi connectivity index (χ0v) is 13.8. The van der Waals surface area contributed by atoms with Gasteiger partial charge in [-0.2, -0.15) is 5.10 Å². The van der Waals surface area contributed by atoms with Crippen molar-refractivity contribution in [2.24, 2.45) is 0 Å². The fourth-order valence-electron chi connectivity index (χ4n) is 3.19. The van der Waals surface area contributed by atoms with E-state index in [9.17, 15) is 4.39 Å². The molecule has 0 amide bonds. The van der Waals surface area contributed by atoms with Crippen molar-refractivity contribution < 1.29 is 4.39 Å². The van der Waals surface area contributed by atoms with Gasteiger partial charge in [-0.1, -0.05) is 0 Å². The van der Waals surface area contributed by atoms with E-state index in [-0.39, 0.29) is 5.82 Å². The van der Waals surface area contributed by atoms with Crippen LogP contribution in [0.5, 0.6) is 0 Å². The van der Waals surface area contributed by atoms with E-state index in [4.69, 9.17) is 0 Å². The highest BCUT2D eigenvalue weighted by atomic mass is 19.1. The minimum Gasteiger partial charge on any atom is -0.368 e. The molecule has 0 atom stereocenters. The number of hydrogen-bond acceptors (Lipinski definition) is 5. The quantitative estimate of drug-likeness (QED) is 0.723. The fraction of sp³-hybridized carbons (Fsp3) is 0.353. The summed E-state index contributed by atoms with van der Waals surface area (Å²) in [6, 6.07) is 8.59. The molecule has 0 radical (unpaired) electrons. The zero-order valence-electron chi connectivity index (χ0n) is 13.8. The average Bonchev–Trinajstić information content (AvgIpc) is 2.98. The minimum atomic E-state index is -0.203. The molecule has 3 aromatic rings. The van der Waals surface area contributed by atoms with Crippen LogP contribution in [-0.4, -0.2) is 46.0 Å². The topological polar surface area (TPSA) is 49.6 Å². The van der Waals surface area contributed by atoms with E-state index >= 15 is 0 Å². The van der Waals surface area contributed by atoms with Crippen molar-refractivity contribution in [3.8, 4) is 0 Å². The summed E-state index contributed by atoms with van der Waals surface area (Å²) in [6.07, 6.45) is 0.